The molecule has 2 atom stereocenters. The Morgan fingerprint density at radius 3 is 2.78 bits per heavy atom. The van der Waals surface area contributed by atoms with Crippen molar-refractivity contribution in [3.8, 4) is 5.75 Å². The van der Waals surface area contributed by atoms with E-state index in [9.17, 15) is 9.18 Å². The lowest BCUT2D eigenvalue weighted by Gasteiger charge is -2.18. The standard InChI is InChI=1S/C17H25FN2O3/c1-11(20-17(21)8-14(9-19)22-2)13-5-6-16(15(18)7-13)23-10-12-3-4-12/h5-7,11-12,14H,3-4,8-10,19H2,1-2H3,(H,20,21). The molecule has 3 N–H and O–H groups in total. The summed E-state index contributed by atoms with van der Waals surface area (Å²) in [6.07, 6.45) is 2.20. The van der Waals surface area contributed by atoms with Gasteiger partial charge in [0.25, 0.3) is 0 Å². The largest absolute Gasteiger partial charge is 0.490 e. The highest BCUT2D eigenvalue weighted by atomic mass is 19.1. The summed E-state index contributed by atoms with van der Waals surface area (Å²) in [6.45, 7) is 2.65. The third-order valence-electron chi connectivity index (χ3n) is 4.01. The van der Waals surface area contributed by atoms with Crippen molar-refractivity contribution < 1.29 is 18.7 Å². The second-order valence-electron chi connectivity index (χ2n) is 6.03. The van der Waals surface area contributed by atoms with Crippen LogP contribution in [-0.2, 0) is 9.53 Å². The van der Waals surface area contributed by atoms with Gasteiger partial charge in [-0.15, -0.1) is 0 Å². The van der Waals surface area contributed by atoms with Gasteiger partial charge in [-0.1, -0.05) is 6.07 Å². The van der Waals surface area contributed by atoms with Crippen LogP contribution in [0, 0.1) is 11.7 Å². The first kappa shape index (κ1) is 17.7. The molecule has 0 aliphatic heterocycles. The molecule has 0 saturated heterocycles. The van der Waals surface area contributed by atoms with Gasteiger partial charge >= 0.3 is 0 Å². The Hall–Kier alpha value is -1.66. The molecule has 1 aromatic carbocycles. The number of carbonyl (C=O) groups is 1. The van der Waals surface area contributed by atoms with Gasteiger partial charge in [0.15, 0.2) is 11.6 Å². The summed E-state index contributed by atoms with van der Waals surface area (Å²) in [5.41, 5.74) is 6.19. The maximum atomic E-state index is 14.1. The number of ether oxygens (including phenoxy) is 2. The van der Waals surface area contributed by atoms with Crippen molar-refractivity contribution in [2.75, 3.05) is 20.3 Å². The molecule has 0 heterocycles. The number of halogens is 1. The molecule has 0 aromatic heterocycles. The summed E-state index contributed by atoms with van der Waals surface area (Å²) in [5, 5.41) is 2.82. The summed E-state index contributed by atoms with van der Waals surface area (Å²) in [4.78, 5) is 11.9. The van der Waals surface area contributed by atoms with Crippen LogP contribution in [0.15, 0.2) is 18.2 Å². The molecule has 1 aromatic rings. The second kappa shape index (κ2) is 8.26. The average molecular weight is 324 g/mol. The van der Waals surface area contributed by atoms with Crippen LogP contribution in [0.1, 0.15) is 37.8 Å². The van der Waals surface area contributed by atoms with Crippen LogP contribution in [-0.4, -0.2) is 32.3 Å². The Kier molecular flexibility index (Phi) is 6.36. The first-order chi connectivity index (χ1) is 11.0. The molecule has 6 heteroatoms. The van der Waals surface area contributed by atoms with Gasteiger partial charge in [0.2, 0.25) is 5.91 Å². The maximum Gasteiger partial charge on any atom is 0.223 e. The Bertz CT molecular complexity index is 531. The van der Waals surface area contributed by atoms with Gasteiger partial charge in [0, 0.05) is 13.7 Å². The normalized spacial score (nSPS) is 16.7. The molecule has 1 fully saturated rings. The number of hydrogen-bond acceptors (Lipinski definition) is 4. The van der Waals surface area contributed by atoms with E-state index in [0.29, 0.717) is 18.1 Å². The fourth-order valence-electron chi connectivity index (χ4n) is 2.25. The van der Waals surface area contributed by atoms with E-state index in [1.54, 1.807) is 12.1 Å². The Balaban J connectivity index is 1.89. The minimum absolute atomic E-state index is 0.177. The summed E-state index contributed by atoms with van der Waals surface area (Å²) < 4.78 is 24.6. The van der Waals surface area contributed by atoms with E-state index < -0.39 is 5.82 Å². The van der Waals surface area contributed by atoms with Crippen molar-refractivity contribution in [3.05, 3.63) is 29.6 Å². The van der Waals surface area contributed by atoms with Gasteiger partial charge < -0.3 is 20.5 Å². The van der Waals surface area contributed by atoms with Crippen molar-refractivity contribution >= 4 is 5.91 Å². The van der Waals surface area contributed by atoms with Crippen molar-refractivity contribution in [1.29, 1.82) is 0 Å². The number of benzene rings is 1. The lowest BCUT2D eigenvalue weighted by Crippen LogP contribution is -2.33. The van der Waals surface area contributed by atoms with Crippen LogP contribution >= 0.6 is 0 Å². The van der Waals surface area contributed by atoms with Gasteiger partial charge in [-0.3, -0.25) is 4.79 Å². The van der Waals surface area contributed by atoms with Gasteiger partial charge in [-0.2, -0.15) is 0 Å². The minimum atomic E-state index is -0.402. The molecule has 0 bridgehead atoms. The summed E-state index contributed by atoms with van der Waals surface area (Å²) in [5.74, 6) is 0.260. The van der Waals surface area contributed by atoms with E-state index in [0.717, 1.165) is 12.8 Å². The van der Waals surface area contributed by atoms with Crippen LogP contribution < -0.4 is 15.8 Å². The first-order valence-corrected chi connectivity index (χ1v) is 7.98. The number of nitrogens with two attached hydrogens (primary N) is 1. The van der Waals surface area contributed by atoms with Crippen molar-refractivity contribution in [3.63, 3.8) is 0 Å². The number of rotatable bonds is 9. The molecular formula is C17H25FN2O3. The highest BCUT2D eigenvalue weighted by Gasteiger charge is 2.22. The quantitative estimate of drug-likeness (QED) is 0.730. The molecule has 1 aliphatic rings. The number of hydrogen-bond donors (Lipinski definition) is 2. The zero-order valence-corrected chi connectivity index (χ0v) is 13.7. The monoisotopic (exact) mass is 324 g/mol. The summed E-state index contributed by atoms with van der Waals surface area (Å²) >= 11 is 0. The highest BCUT2D eigenvalue weighted by molar-refractivity contribution is 5.77. The highest BCUT2D eigenvalue weighted by Crippen LogP contribution is 2.30. The molecule has 1 aliphatic carbocycles. The van der Waals surface area contributed by atoms with E-state index in [1.807, 2.05) is 6.92 Å². The molecule has 128 valence electrons. The number of nitrogens with one attached hydrogen (secondary N) is 1. The fourth-order valence-corrected chi connectivity index (χ4v) is 2.25. The zero-order chi connectivity index (χ0) is 16.8. The molecule has 2 unspecified atom stereocenters. The van der Waals surface area contributed by atoms with E-state index in [-0.39, 0.29) is 36.8 Å². The first-order valence-electron chi connectivity index (χ1n) is 7.98. The predicted molar refractivity (Wildman–Crippen MR) is 85.6 cm³/mol. The van der Waals surface area contributed by atoms with E-state index in [1.165, 1.54) is 13.2 Å². The lowest BCUT2D eigenvalue weighted by atomic mass is 10.1. The van der Waals surface area contributed by atoms with Crippen LogP contribution in [0.4, 0.5) is 4.39 Å². The molecule has 5 nitrogen and oxygen atoms in total. The molecule has 1 amide bonds. The second-order valence-corrected chi connectivity index (χ2v) is 6.03. The molecule has 23 heavy (non-hydrogen) atoms. The zero-order valence-electron chi connectivity index (χ0n) is 13.7. The van der Waals surface area contributed by atoms with E-state index >= 15 is 0 Å². The van der Waals surface area contributed by atoms with E-state index in [2.05, 4.69) is 5.32 Å². The summed E-state index contributed by atoms with van der Waals surface area (Å²) in [6, 6.07) is 4.49. The van der Waals surface area contributed by atoms with Gasteiger partial charge in [-0.25, -0.2) is 4.39 Å². The Labute approximate surface area is 136 Å². The van der Waals surface area contributed by atoms with Crippen molar-refractivity contribution in [2.45, 2.75) is 38.3 Å². The molecule has 1 saturated carbocycles. The average Bonchev–Trinajstić information content (AvgIpc) is 3.35. The molecule has 0 spiro atoms. The third kappa shape index (κ3) is 5.48. The number of methoxy groups -OCH3 is 1. The Morgan fingerprint density at radius 2 is 2.22 bits per heavy atom. The minimum Gasteiger partial charge on any atom is -0.490 e. The van der Waals surface area contributed by atoms with Gasteiger partial charge in [-0.05, 0) is 43.4 Å². The van der Waals surface area contributed by atoms with Crippen LogP contribution in [0.5, 0.6) is 5.75 Å². The maximum absolute atomic E-state index is 14.1. The van der Waals surface area contributed by atoms with Crippen LogP contribution in [0.3, 0.4) is 0 Å². The van der Waals surface area contributed by atoms with Crippen LogP contribution in [0.25, 0.3) is 0 Å². The molecular weight excluding hydrogens is 299 g/mol. The van der Waals surface area contributed by atoms with Crippen molar-refractivity contribution in [2.24, 2.45) is 11.7 Å². The molecule has 0 radical (unpaired) electrons. The fraction of sp³-hybridized carbons (Fsp3) is 0.588. The SMILES string of the molecule is COC(CN)CC(=O)NC(C)c1ccc(OCC2CC2)c(F)c1. The topological polar surface area (TPSA) is 73.6 Å². The Morgan fingerprint density at radius 1 is 1.48 bits per heavy atom. The molecule has 2 rings (SSSR count). The predicted octanol–water partition coefficient (Wildman–Crippen LogP) is 2.16. The van der Waals surface area contributed by atoms with Gasteiger partial charge in [0.1, 0.15) is 0 Å². The van der Waals surface area contributed by atoms with Crippen molar-refractivity contribution in [1.82, 2.24) is 5.32 Å². The number of amides is 1. The van der Waals surface area contributed by atoms with E-state index in [4.69, 9.17) is 15.2 Å². The van der Waals surface area contributed by atoms with Gasteiger partial charge in [0.05, 0.1) is 25.2 Å². The smallest absolute Gasteiger partial charge is 0.223 e. The third-order valence-corrected chi connectivity index (χ3v) is 4.01. The number of carbonyl (C=O) groups excluding carboxylic acids is 1. The summed E-state index contributed by atoms with van der Waals surface area (Å²) in [7, 11) is 1.52. The lowest BCUT2D eigenvalue weighted by molar-refractivity contribution is -0.124. The van der Waals surface area contributed by atoms with Crippen LogP contribution in [0.2, 0.25) is 0 Å².